The van der Waals surface area contributed by atoms with Crippen molar-refractivity contribution in [1.29, 1.82) is 0 Å². The highest BCUT2D eigenvalue weighted by molar-refractivity contribution is 7.22. The molecule has 4 rings (SSSR count). The van der Waals surface area contributed by atoms with Crippen molar-refractivity contribution < 1.29 is 9.53 Å². The predicted octanol–water partition coefficient (Wildman–Crippen LogP) is 4.83. The maximum absolute atomic E-state index is 13.2. The monoisotopic (exact) mass is 421 g/mol. The van der Waals surface area contributed by atoms with Gasteiger partial charge in [-0.15, -0.1) is 0 Å². The summed E-state index contributed by atoms with van der Waals surface area (Å²) < 4.78 is 8.07. The van der Waals surface area contributed by atoms with Gasteiger partial charge in [-0.3, -0.25) is 14.2 Å². The third-order valence-corrected chi connectivity index (χ3v) is 6.17. The molecule has 0 saturated heterocycles. The Kier molecular flexibility index (Phi) is 5.30. The van der Waals surface area contributed by atoms with Crippen LogP contribution in [0.25, 0.3) is 21.1 Å². The van der Waals surface area contributed by atoms with E-state index in [2.05, 4.69) is 10.3 Å². The first-order valence-electron chi connectivity index (χ1n) is 9.79. The molecule has 1 amide bonds. The predicted molar refractivity (Wildman–Crippen MR) is 122 cm³/mol. The Bertz CT molecular complexity index is 1320. The maximum Gasteiger partial charge on any atom is 0.252 e. The van der Waals surface area contributed by atoms with Gasteiger partial charge in [0.25, 0.3) is 5.56 Å². The normalized spacial score (nSPS) is 12.3. The SMILES string of the molecule is CCC(C(=O)Nc1nc2ccc(C)cc2s1)n1c(=O)cc(C)c2cccc(OC)c21. The molecule has 0 aliphatic carbocycles. The van der Waals surface area contributed by atoms with E-state index in [0.29, 0.717) is 22.8 Å². The van der Waals surface area contributed by atoms with Gasteiger partial charge in [0, 0.05) is 11.5 Å². The van der Waals surface area contributed by atoms with E-state index in [9.17, 15) is 9.59 Å². The number of carbonyl (C=O) groups is 1. The highest BCUT2D eigenvalue weighted by Gasteiger charge is 2.24. The lowest BCUT2D eigenvalue weighted by Gasteiger charge is -2.21. The Morgan fingerprint density at radius 2 is 2.03 bits per heavy atom. The number of hydrogen-bond acceptors (Lipinski definition) is 5. The highest BCUT2D eigenvalue weighted by Crippen LogP contribution is 2.31. The zero-order chi connectivity index (χ0) is 21.4. The van der Waals surface area contributed by atoms with E-state index < -0.39 is 6.04 Å². The number of benzene rings is 2. The first-order chi connectivity index (χ1) is 14.4. The van der Waals surface area contributed by atoms with Crippen molar-refractivity contribution in [2.45, 2.75) is 33.2 Å². The molecule has 1 unspecified atom stereocenters. The molecule has 1 atom stereocenters. The summed E-state index contributed by atoms with van der Waals surface area (Å²) in [6.45, 7) is 5.80. The Hall–Kier alpha value is -3.19. The lowest BCUT2D eigenvalue weighted by atomic mass is 10.1. The molecule has 0 radical (unpaired) electrons. The number of carbonyl (C=O) groups excluding carboxylic acids is 1. The summed E-state index contributed by atoms with van der Waals surface area (Å²) in [5.74, 6) is 0.293. The Morgan fingerprint density at radius 1 is 1.23 bits per heavy atom. The second kappa shape index (κ2) is 7.91. The summed E-state index contributed by atoms with van der Waals surface area (Å²) >= 11 is 1.43. The summed E-state index contributed by atoms with van der Waals surface area (Å²) in [6.07, 6.45) is 0.450. The largest absolute Gasteiger partial charge is 0.495 e. The van der Waals surface area contributed by atoms with Gasteiger partial charge in [0.15, 0.2) is 5.13 Å². The number of amides is 1. The van der Waals surface area contributed by atoms with Crippen molar-refractivity contribution in [3.8, 4) is 5.75 Å². The van der Waals surface area contributed by atoms with Gasteiger partial charge >= 0.3 is 0 Å². The second-order valence-electron chi connectivity index (χ2n) is 7.30. The number of nitrogens with zero attached hydrogens (tertiary/aromatic N) is 2. The molecule has 2 aromatic carbocycles. The molecule has 6 nitrogen and oxygen atoms in total. The van der Waals surface area contributed by atoms with Crippen LogP contribution in [0.4, 0.5) is 5.13 Å². The number of fused-ring (bicyclic) bond motifs is 2. The lowest BCUT2D eigenvalue weighted by molar-refractivity contribution is -0.119. The average molecular weight is 422 g/mol. The number of ether oxygens (including phenoxy) is 1. The highest BCUT2D eigenvalue weighted by atomic mass is 32.1. The van der Waals surface area contributed by atoms with E-state index in [-0.39, 0.29) is 11.5 Å². The molecule has 0 saturated carbocycles. The Morgan fingerprint density at radius 3 is 2.77 bits per heavy atom. The van der Waals surface area contributed by atoms with E-state index in [1.165, 1.54) is 15.9 Å². The molecule has 0 fully saturated rings. The van der Waals surface area contributed by atoms with E-state index in [1.807, 2.05) is 51.1 Å². The first-order valence-corrected chi connectivity index (χ1v) is 10.6. The summed E-state index contributed by atoms with van der Waals surface area (Å²) in [7, 11) is 1.57. The molecule has 1 N–H and O–H groups in total. The van der Waals surface area contributed by atoms with Crippen LogP contribution in [0.3, 0.4) is 0 Å². The quantitative estimate of drug-likeness (QED) is 0.501. The van der Waals surface area contributed by atoms with Crippen LogP contribution >= 0.6 is 11.3 Å². The minimum absolute atomic E-state index is 0.230. The smallest absolute Gasteiger partial charge is 0.252 e. The van der Waals surface area contributed by atoms with Crippen LogP contribution in [-0.4, -0.2) is 22.6 Å². The van der Waals surface area contributed by atoms with E-state index in [4.69, 9.17) is 4.74 Å². The fourth-order valence-electron chi connectivity index (χ4n) is 3.77. The van der Waals surface area contributed by atoms with Gasteiger partial charge in [-0.25, -0.2) is 4.98 Å². The third kappa shape index (κ3) is 3.45. The minimum atomic E-state index is -0.689. The third-order valence-electron chi connectivity index (χ3n) is 5.24. The minimum Gasteiger partial charge on any atom is -0.495 e. The van der Waals surface area contributed by atoms with Gasteiger partial charge in [0.2, 0.25) is 5.91 Å². The maximum atomic E-state index is 13.2. The van der Waals surface area contributed by atoms with Crippen LogP contribution in [-0.2, 0) is 4.79 Å². The molecule has 2 aromatic heterocycles. The fourth-order valence-corrected chi connectivity index (χ4v) is 4.73. The van der Waals surface area contributed by atoms with Gasteiger partial charge in [-0.05, 0) is 49.6 Å². The van der Waals surface area contributed by atoms with Crippen molar-refractivity contribution in [1.82, 2.24) is 9.55 Å². The number of pyridine rings is 1. The average Bonchev–Trinajstić information content (AvgIpc) is 3.11. The van der Waals surface area contributed by atoms with E-state index in [1.54, 1.807) is 19.2 Å². The van der Waals surface area contributed by atoms with Crippen LogP contribution in [0, 0.1) is 13.8 Å². The van der Waals surface area contributed by atoms with Crippen LogP contribution in [0.5, 0.6) is 5.75 Å². The van der Waals surface area contributed by atoms with Crippen molar-refractivity contribution in [2.24, 2.45) is 0 Å². The summed E-state index contributed by atoms with van der Waals surface area (Å²) in [6, 6.07) is 12.5. The summed E-state index contributed by atoms with van der Waals surface area (Å²) in [5.41, 5.74) is 3.23. The number of methoxy groups -OCH3 is 1. The van der Waals surface area contributed by atoms with Crippen molar-refractivity contribution in [3.05, 3.63) is 63.9 Å². The molecule has 2 heterocycles. The van der Waals surface area contributed by atoms with Crippen LogP contribution in [0.15, 0.2) is 47.3 Å². The molecule has 0 aliphatic heterocycles. The molecule has 30 heavy (non-hydrogen) atoms. The molecule has 7 heteroatoms. The van der Waals surface area contributed by atoms with E-state index >= 15 is 0 Å². The molecule has 4 aromatic rings. The summed E-state index contributed by atoms with van der Waals surface area (Å²) in [4.78, 5) is 30.7. The molecule has 0 aliphatic rings. The van der Waals surface area contributed by atoms with Gasteiger partial charge in [-0.1, -0.05) is 36.5 Å². The number of aryl methyl sites for hydroxylation is 2. The van der Waals surface area contributed by atoms with Crippen molar-refractivity contribution in [2.75, 3.05) is 12.4 Å². The van der Waals surface area contributed by atoms with Crippen molar-refractivity contribution in [3.63, 3.8) is 0 Å². The molecular formula is C23H23N3O3S. The number of nitrogens with one attached hydrogen (secondary N) is 1. The molecule has 154 valence electrons. The molecular weight excluding hydrogens is 398 g/mol. The standard InChI is InChI=1S/C23H23N3O3S/c1-5-17(22(28)25-23-24-16-10-9-13(2)11-19(16)30-23)26-20(27)12-14(3)15-7-6-8-18(29-4)21(15)26/h6-12,17H,5H2,1-4H3,(H,24,25,28). The van der Waals surface area contributed by atoms with Crippen LogP contribution in [0.1, 0.15) is 30.5 Å². The number of para-hydroxylation sites is 1. The fraction of sp³-hybridized carbons (Fsp3) is 0.261. The van der Waals surface area contributed by atoms with Gasteiger partial charge in [0.1, 0.15) is 11.8 Å². The molecule has 0 bridgehead atoms. The topological polar surface area (TPSA) is 73.2 Å². The first kappa shape index (κ1) is 20.1. The van der Waals surface area contributed by atoms with Crippen LogP contribution in [0.2, 0.25) is 0 Å². The van der Waals surface area contributed by atoms with Gasteiger partial charge in [0.05, 0.1) is 22.8 Å². The number of hydrogen-bond donors (Lipinski definition) is 1. The number of rotatable bonds is 5. The van der Waals surface area contributed by atoms with E-state index in [0.717, 1.165) is 26.7 Å². The number of aromatic nitrogens is 2. The zero-order valence-electron chi connectivity index (χ0n) is 17.4. The Balaban J connectivity index is 1.79. The van der Waals surface area contributed by atoms with Gasteiger partial charge < -0.3 is 10.1 Å². The summed E-state index contributed by atoms with van der Waals surface area (Å²) in [5, 5.41) is 4.32. The second-order valence-corrected chi connectivity index (χ2v) is 8.33. The number of thiazole rings is 1. The number of anilines is 1. The van der Waals surface area contributed by atoms with Crippen LogP contribution < -0.4 is 15.6 Å². The lowest BCUT2D eigenvalue weighted by Crippen LogP contribution is -2.33. The zero-order valence-corrected chi connectivity index (χ0v) is 18.2. The van der Waals surface area contributed by atoms with Crippen molar-refractivity contribution >= 4 is 43.5 Å². The Labute approximate surface area is 178 Å². The molecule has 0 spiro atoms. The van der Waals surface area contributed by atoms with Gasteiger partial charge in [-0.2, -0.15) is 0 Å².